The fourth-order valence-electron chi connectivity index (χ4n) is 3.36. The summed E-state index contributed by atoms with van der Waals surface area (Å²) in [6, 6.07) is 7.29. The number of hydrogen-bond acceptors (Lipinski definition) is 6. The topological polar surface area (TPSA) is 97.8 Å². The van der Waals surface area contributed by atoms with Crippen LogP contribution in [0.5, 0.6) is 5.75 Å². The third kappa shape index (κ3) is 7.21. The van der Waals surface area contributed by atoms with Gasteiger partial charge in [-0.15, -0.1) is 11.3 Å². The molecule has 0 saturated carbocycles. The van der Waals surface area contributed by atoms with Crippen molar-refractivity contribution in [2.45, 2.75) is 34.3 Å². The van der Waals surface area contributed by atoms with Crippen LogP contribution in [0, 0.1) is 17.0 Å². The highest BCUT2D eigenvalue weighted by atomic mass is 32.1. The predicted molar refractivity (Wildman–Crippen MR) is 139 cm³/mol. The number of carboxylic acids is 1. The number of carbonyl (C=O) groups excluding carboxylic acids is 1. The first-order valence-corrected chi connectivity index (χ1v) is 12.2. The van der Waals surface area contributed by atoms with Gasteiger partial charge < -0.3 is 14.6 Å². The lowest BCUT2D eigenvalue weighted by Crippen LogP contribution is -2.14. The smallest absolute Gasteiger partial charge is 0.331 e. The molecule has 0 radical (unpaired) electrons. The summed E-state index contributed by atoms with van der Waals surface area (Å²) in [7, 11) is 1.56. The summed E-state index contributed by atoms with van der Waals surface area (Å²) in [5.74, 6) is -3.58. The van der Waals surface area contributed by atoms with E-state index in [0.717, 1.165) is 35.1 Å². The monoisotopic (exact) mass is 530 g/mol. The molecule has 1 aromatic heterocycles. The van der Waals surface area contributed by atoms with Crippen molar-refractivity contribution >= 4 is 34.4 Å². The van der Waals surface area contributed by atoms with Gasteiger partial charge in [-0.25, -0.2) is 18.6 Å². The van der Waals surface area contributed by atoms with E-state index in [2.05, 4.69) is 31.1 Å². The van der Waals surface area contributed by atoms with Crippen molar-refractivity contribution in [2.75, 3.05) is 19.0 Å². The Morgan fingerprint density at radius 3 is 2.46 bits per heavy atom. The van der Waals surface area contributed by atoms with Crippen LogP contribution in [0.25, 0.3) is 17.3 Å². The van der Waals surface area contributed by atoms with Crippen molar-refractivity contribution in [1.29, 1.82) is 0 Å². The van der Waals surface area contributed by atoms with Gasteiger partial charge in [0, 0.05) is 33.2 Å². The van der Waals surface area contributed by atoms with Crippen molar-refractivity contribution in [2.24, 2.45) is 5.41 Å². The van der Waals surface area contributed by atoms with Gasteiger partial charge in [0.1, 0.15) is 17.4 Å². The third-order valence-electron chi connectivity index (χ3n) is 5.13. The molecule has 0 unspecified atom stereocenters. The number of carboxylic acid groups (broad SMARTS) is 1. The molecule has 2 aromatic carbocycles. The number of methoxy groups -OCH3 is 1. The van der Waals surface area contributed by atoms with Crippen LogP contribution in [-0.4, -0.2) is 35.7 Å². The van der Waals surface area contributed by atoms with Gasteiger partial charge in [0.15, 0.2) is 5.13 Å². The number of amides is 1. The standard InChI is InChI=1S/C27H28F2N2O5S/c1-15(25(33)34)9-19-20(28)10-17(11-21(19)29)24(32)31-26-30-22(13-37-26)18-8-6-7-16(23(18)35-5)12-36-14-27(2,3)4/h6-11,13H,12,14H2,1-5H3,(H,33,34)(H,30,31,32). The van der Waals surface area contributed by atoms with Gasteiger partial charge in [-0.3, -0.25) is 10.1 Å². The van der Waals surface area contributed by atoms with E-state index in [4.69, 9.17) is 14.6 Å². The minimum absolute atomic E-state index is 0.0210. The lowest BCUT2D eigenvalue weighted by Gasteiger charge is -2.19. The summed E-state index contributed by atoms with van der Waals surface area (Å²) < 4.78 is 40.3. The van der Waals surface area contributed by atoms with Crippen LogP contribution >= 0.6 is 11.3 Å². The van der Waals surface area contributed by atoms with Gasteiger partial charge >= 0.3 is 5.97 Å². The minimum Gasteiger partial charge on any atom is -0.496 e. The Bertz CT molecular complexity index is 1320. The van der Waals surface area contributed by atoms with E-state index >= 15 is 0 Å². The number of rotatable bonds is 9. The molecular weight excluding hydrogens is 502 g/mol. The van der Waals surface area contributed by atoms with Gasteiger partial charge in [0.2, 0.25) is 0 Å². The number of ether oxygens (including phenoxy) is 2. The highest BCUT2D eigenvalue weighted by Gasteiger charge is 2.19. The maximum atomic E-state index is 14.4. The lowest BCUT2D eigenvalue weighted by atomic mass is 9.99. The lowest BCUT2D eigenvalue weighted by molar-refractivity contribution is -0.132. The Labute approximate surface area is 217 Å². The molecule has 7 nitrogen and oxygen atoms in total. The van der Waals surface area contributed by atoms with Gasteiger partial charge in [-0.05, 0) is 36.6 Å². The van der Waals surface area contributed by atoms with Crippen LogP contribution < -0.4 is 10.1 Å². The van der Waals surface area contributed by atoms with Crippen LogP contribution in [0.3, 0.4) is 0 Å². The number of nitrogens with zero attached hydrogens (tertiary/aromatic N) is 1. The van der Waals surface area contributed by atoms with Crippen LogP contribution in [0.1, 0.15) is 49.2 Å². The van der Waals surface area contributed by atoms with E-state index in [1.165, 1.54) is 6.92 Å². The Morgan fingerprint density at radius 2 is 1.86 bits per heavy atom. The Hall–Kier alpha value is -3.63. The van der Waals surface area contributed by atoms with Gasteiger partial charge in [0.25, 0.3) is 5.91 Å². The largest absolute Gasteiger partial charge is 0.496 e. The first-order valence-electron chi connectivity index (χ1n) is 11.3. The predicted octanol–water partition coefficient (Wildman–Crippen LogP) is 6.40. The minimum atomic E-state index is -1.31. The highest BCUT2D eigenvalue weighted by Crippen LogP contribution is 2.35. The maximum Gasteiger partial charge on any atom is 0.331 e. The molecule has 10 heteroatoms. The van der Waals surface area contributed by atoms with E-state index in [0.29, 0.717) is 30.2 Å². The van der Waals surface area contributed by atoms with E-state index in [1.54, 1.807) is 12.5 Å². The fourth-order valence-corrected chi connectivity index (χ4v) is 4.07. The molecule has 196 valence electrons. The zero-order valence-electron chi connectivity index (χ0n) is 21.1. The molecule has 0 aliphatic rings. The average Bonchev–Trinajstić information content (AvgIpc) is 3.28. The average molecular weight is 531 g/mol. The van der Waals surface area contributed by atoms with Crippen LogP contribution in [0.15, 0.2) is 41.3 Å². The second-order valence-electron chi connectivity index (χ2n) is 9.53. The molecule has 2 N–H and O–H groups in total. The quantitative estimate of drug-likeness (QED) is 0.311. The van der Waals surface area contributed by atoms with Crippen molar-refractivity contribution in [3.05, 3.63) is 69.6 Å². The molecule has 3 aromatic rings. The van der Waals surface area contributed by atoms with E-state index < -0.39 is 29.1 Å². The molecule has 0 aliphatic carbocycles. The molecule has 0 bridgehead atoms. The molecule has 0 aliphatic heterocycles. The maximum absolute atomic E-state index is 14.4. The molecule has 37 heavy (non-hydrogen) atoms. The third-order valence-corrected chi connectivity index (χ3v) is 5.89. The SMILES string of the molecule is COc1c(COCC(C)(C)C)cccc1-c1csc(NC(=O)c2cc(F)c(C=C(C)C(=O)O)c(F)c2)n1. The van der Waals surface area contributed by atoms with Gasteiger partial charge in [-0.2, -0.15) is 0 Å². The van der Waals surface area contributed by atoms with Crippen molar-refractivity contribution in [3.8, 4) is 17.0 Å². The number of nitrogens with one attached hydrogen (secondary N) is 1. The van der Waals surface area contributed by atoms with E-state index in [1.807, 2.05) is 18.2 Å². The summed E-state index contributed by atoms with van der Waals surface area (Å²) in [6.07, 6.45) is 0.872. The number of anilines is 1. The normalized spacial score (nSPS) is 11.9. The van der Waals surface area contributed by atoms with E-state index in [9.17, 15) is 18.4 Å². The summed E-state index contributed by atoms with van der Waals surface area (Å²) in [4.78, 5) is 28.0. The second-order valence-corrected chi connectivity index (χ2v) is 10.4. The van der Waals surface area contributed by atoms with Crippen molar-refractivity contribution < 1.29 is 33.0 Å². The number of para-hydroxylation sites is 1. The van der Waals surface area contributed by atoms with Crippen LogP contribution in [-0.2, 0) is 16.1 Å². The van der Waals surface area contributed by atoms with Crippen molar-refractivity contribution in [3.63, 3.8) is 0 Å². The first kappa shape index (κ1) is 27.9. The molecule has 0 saturated heterocycles. The van der Waals surface area contributed by atoms with Crippen LogP contribution in [0.4, 0.5) is 13.9 Å². The Balaban J connectivity index is 1.79. The summed E-state index contributed by atoms with van der Waals surface area (Å²) in [6.45, 7) is 8.40. The molecule has 0 fully saturated rings. The Morgan fingerprint density at radius 1 is 1.19 bits per heavy atom. The summed E-state index contributed by atoms with van der Waals surface area (Å²) in [5, 5.41) is 13.4. The number of thiazole rings is 1. The Kier molecular flexibility index (Phi) is 8.77. The van der Waals surface area contributed by atoms with E-state index in [-0.39, 0.29) is 21.7 Å². The molecule has 3 rings (SSSR count). The molecule has 1 heterocycles. The van der Waals surface area contributed by atoms with Gasteiger partial charge in [-0.1, -0.05) is 32.9 Å². The fraction of sp³-hybridized carbons (Fsp3) is 0.296. The number of aromatic nitrogens is 1. The molecule has 0 spiro atoms. The first-order chi connectivity index (χ1) is 17.4. The summed E-state index contributed by atoms with van der Waals surface area (Å²) >= 11 is 1.14. The van der Waals surface area contributed by atoms with Gasteiger partial charge in [0.05, 0.1) is 26.0 Å². The number of hydrogen-bond donors (Lipinski definition) is 2. The number of carbonyl (C=O) groups is 2. The zero-order chi connectivity index (χ0) is 27.3. The summed E-state index contributed by atoms with van der Waals surface area (Å²) in [5.41, 5.74) is 1.08. The van der Waals surface area contributed by atoms with Crippen molar-refractivity contribution in [1.82, 2.24) is 4.98 Å². The molecular formula is C27H28F2N2O5S. The molecule has 0 atom stereocenters. The second kappa shape index (κ2) is 11.6. The number of aliphatic carboxylic acids is 1. The zero-order valence-corrected chi connectivity index (χ0v) is 22.0. The number of halogens is 2. The van der Waals surface area contributed by atoms with Crippen LogP contribution in [0.2, 0.25) is 0 Å². The highest BCUT2D eigenvalue weighted by molar-refractivity contribution is 7.14. The number of benzene rings is 2. The molecule has 1 amide bonds.